The van der Waals surface area contributed by atoms with Crippen LogP contribution in [0.2, 0.25) is 0 Å². The number of halogens is 1. The molecule has 0 aliphatic rings. The molecule has 0 atom stereocenters. The van der Waals surface area contributed by atoms with Crippen molar-refractivity contribution < 1.29 is 21.8 Å². The second-order valence-corrected chi connectivity index (χ2v) is 8.68. The van der Waals surface area contributed by atoms with E-state index in [1.807, 2.05) is 5.38 Å². The highest BCUT2D eigenvalue weighted by Gasteiger charge is 2.20. The van der Waals surface area contributed by atoms with Crippen molar-refractivity contribution in [2.45, 2.75) is 13.1 Å². The fourth-order valence-electron chi connectivity index (χ4n) is 2.65. The van der Waals surface area contributed by atoms with Gasteiger partial charge in [-0.15, -0.1) is 11.3 Å². The van der Waals surface area contributed by atoms with E-state index in [1.54, 1.807) is 53.4 Å². The molecular weight excluding hydrogens is 401 g/mol. The van der Waals surface area contributed by atoms with Crippen LogP contribution in [-0.4, -0.2) is 25.5 Å². The Morgan fingerprint density at radius 1 is 1.04 bits per heavy atom. The Hall–Kier alpha value is -2.71. The average Bonchev–Trinajstić information content (AvgIpc) is 3.17. The maximum Gasteiger partial charge on any atom is 0.306 e. The molecule has 0 saturated heterocycles. The summed E-state index contributed by atoms with van der Waals surface area (Å²) in [6.07, 6.45) is 0.969. The lowest BCUT2D eigenvalue weighted by molar-refractivity contribution is 0.0734. The summed E-state index contributed by atoms with van der Waals surface area (Å²) in [5, 5.41) is 1.81. The number of para-hydroxylation sites is 1. The lowest BCUT2D eigenvalue weighted by atomic mass is 10.1. The normalized spacial score (nSPS) is 11.2. The third-order valence-electron chi connectivity index (χ3n) is 3.88. The van der Waals surface area contributed by atoms with Gasteiger partial charge in [0.15, 0.2) is 0 Å². The summed E-state index contributed by atoms with van der Waals surface area (Å²) in [6, 6.07) is 16.1. The highest BCUT2D eigenvalue weighted by molar-refractivity contribution is 7.86. The van der Waals surface area contributed by atoms with Gasteiger partial charge in [0.25, 0.3) is 5.91 Å². The van der Waals surface area contributed by atoms with E-state index in [1.165, 1.54) is 23.5 Å². The van der Waals surface area contributed by atoms with E-state index in [0.29, 0.717) is 10.4 Å². The number of rotatable bonds is 7. The Morgan fingerprint density at radius 2 is 1.75 bits per heavy atom. The number of thiophene rings is 1. The van der Waals surface area contributed by atoms with Gasteiger partial charge in [-0.05, 0) is 35.2 Å². The predicted molar refractivity (Wildman–Crippen MR) is 106 cm³/mol. The quantitative estimate of drug-likeness (QED) is 0.542. The van der Waals surface area contributed by atoms with Crippen molar-refractivity contribution in [3.8, 4) is 5.75 Å². The van der Waals surface area contributed by atoms with Crippen LogP contribution < -0.4 is 4.18 Å². The third kappa shape index (κ3) is 5.40. The summed E-state index contributed by atoms with van der Waals surface area (Å²) in [4.78, 5) is 15.1. The van der Waals surface area contributed by atoms with Gasteiger partial charge in [0.1, 0.15) is 11.6 Å². The van der Waals surface area contributed by atoms with E-state index >= 15 is 0 Å². The Kier molecular flexibility index (Phi) is 6.11. The zero-order valence-electron chi connectivity index (χ0n) is 15.0. The lowest BCUT2D eigenvalue weighted by Crippen LogP contribution is -2.30. The van der Waals surface area contributed by atoms with Gasteiger partial charge < -0.3 is 9.08 Å². The lowest BCUT2D eigenvalue weighted by Gasteiger charge is -2.23. The fraction of sp³-hybridized carbons (Fsp3) is 0.150. The first-order valence-electron chi connectivity index (χ1n) is 8.36. The van der Waals surface area contributed by atoms with Crippen LogP contribution >= 0.6 is 11.3 Å². The number of carbonyl (C=O) groups excluding carboxylic acids is 1. The molecule has 0 unspecified atom stereocenters. The van der Waals surface area contributed by atoms with Crippen LogP contribution in [0.5, 0.6) is 5.75 Å². The fourth-order valence-corrected chi connectivity index (χ4v) is 3.83. The van der Waals surface area contributed by atoms with Gasteiger partial charge in [-0.25, -0.2) is 4.39 Å². The molecule has 0 saturated carbocycles. The topological polar surface area (TPSA) is 63.7 Å². The highest BCUT2D eigenvalue weighted by Crippen LogP contribution is 2.24. The SMILES string of the molecule is CS(=O)(=O)Oc1ccccc1CN(Cc1ccc(F)cc1)C(=O)c1cccs1. The average molecular weight is 419 g/mol. The molecule has 146 valence electrons. The first-order valence-corrected chi connectivity index (χ1v) is 11.1. The minimum absolute atomic E-state index is 0.139. The Morgan fingerprint density at radius 3 is 2.39 bits per heavy atom. The minimum atomic E-state index is -3.71. The van der Waals surface area contributed by atoms with Crippen LogP contribution in [0.3, 0.4) is 0 Å². The van der Waals surface area contributed by atoms with Gasteiger partial charge in [0.2, 0.25) is 0 Å². The first kappa shape index (κ1) is 20.0. The highest BCUT2D eigenvalue weighted by atomic mass is 32.2. The number of hydrogen-bond donors (Lipinski definition) is 0. The predicted octanol–water partition coefficient (Wildman–Crippen LogP) is 4.07. The summed E-state index contributed by atoms with van der Waals surface area (Å²) in [5.74, 6) is -0.381. The van der Waals surface area contributed by atoms with E-state index < -0.39 is 10.1 Å². The molecule has 1 heterocycles. The summed E-state index contributed by atoms with van der Waals surface area (Å²) in [5.41, 5.74) is 1.31. The van der Waals surface area contributed by atoms with Crippen molar-refractivity contribution in [2.24, 2.45) is 0 Å². The second-order valence-electron chi connectivity index (χ2n) is 6.16. The molecule has 3 rings (SSSR count). The van der Waals surface area contributed by atoms with E-state index in [0.717, 1.165) is 11.8 Å². The number of carbonyl (C=O) groups is 1. The van der Waals surface area contributed by atoms with E-state index in [2.05, 4.69) is 0 Å². The van der Waals surface area contributed by atoms with Gasteiger partial charge >= 0.3 is 10.1 Å². The van der Waals surface area contributed by atoms with Gasteiger partial charge in [-0.2, -0.15) is 8.42 Å². The molecule has 0 spiro atoms. The number of amides is 1. The first-order chi connectivity index (χ1) is 13.3. The third-order valence-corrected chi connectivity index (χ3v) is 5.22. The molecule has 2 aromatic carbocycles. The van der Waals surface area contributed by atoms with Crippen LogP contribution in [0.4, 0.5) is 4.39 Å². The molecule has 0 fully saturated rings. The van der Waals surface area contributed by atoms with Crippen molar-refractivity contribution in [1.29, 1.82) is 0 Å². The molecule has 0 radical (unpaired) electrons. The second kappa shape index (κ2) is 8.53. The molecule has 8 heteroatoms. The molecule has 5 nitrogen and oxygen atoms in total. The van der Waals surface area contributed by atoms with Gasteiger partial charge in [0, 0.05) is 12.1 Å². The summed E-state index contributed by atoms with van der Waals surface area (Å²) < 4.78 is 41.4. The van der Waals surface area contributed by atoms with Crippen LogP contribution in [0.25, 0.3) is 0 Å². The molecule has 0 aliphatic heterocycles. The summed E-state index contributed by atoms with van der Waals surface area (Å²) in [6.45, 7) is 0.379. The van der Waals surface area contributed by atoms with E-state index in [9.17, 15) is 17.6 Å². The molecule has 1 amide bonds. The van der Waals surface area contributed by atoms with Crippen molar-refractivity contribution >= 4 is 27.4 Å². The molecular formula is C20H18FNO4S2. The van der Waals surface area contributed by atoms with Crippen LogP contribution in [-0.2, 0) is 23.2 Å². The zero-order chi connectivity index (χ0) is 20.1. The number of nitrogens with zero attached hydrogens (tertiary/aromatic N) is 1. The van der Waals surface area contributed by atoms with Crippen molar-refractivity contribution in [3.63, 3.8) is 0 Å². The molecule has 0 N–H and O–H groups in total. The van der Waals surface area contributed by atoms with Crippen molar-refractivity contribution in [2.75, 3.05) is 6.26 Å². The summed E-state index contributed by atoms with van der Waals surface area (Å²) >= 11 is 1.32. The van der Waals surface area contributed by atoms with Crippen molar-refractivity contribution in [3.05, 3.63) is 87.9 Å². The van der Waals surface area contributed by atoms with E-state index in [4.69, 9.17) is 4.18 Å². The maximum atomic E-state index is 13.2. The maximum absolute atomic E-state index is 13.2. The standard InChI is InChI=1S/C20H18FNO4S2/c1-28(24,25)26-18-6-3-2-5-16(18)14-22(20(23)19-7-4-12-27-19)13-15-8-10-17(21)11-9-15/h2-12H,13-14H2,1H3. The molecule has 28 heavy (non-hydrogen) atoms. The monoisotopic (exact) mass is 419 g/mol. The Bertz CT molecular complexity index is 1050. The zero-order valence-corrected chi connectivity index (χ0v) is 16.7. The Labute approximate surface area is 167 Å². The number of hydrogen-bond acceptors (Lipinski definition) is 5. The largest absolute Gasteiger partial charge is 0.382 e. The minimum Gasteiger partial charge on any atom is -0.382 e. The van der Waals surface area contributed by atoms with Gasteiger partial charge in [-0.1, -0.05) is 36.4 Å². The Balaban J connectivity index is 1.91. The summed E-state index contributed by atoms with van der Waals surface area (Å²) in [7, 11) is -3.71. The smallest absolute Gasteiger partial charge is 0.306 e. The van der Waals surface area contributed by atoms with Gasteiger partial charge in [0.05, 0.1) is 17.7 Å². The molecule has 1 aromatic heterocycles. The molecule has 0 bridgehead atoms. The molecule has 3 aromatic rings. The molecule has 0 aliphatic carbocycles. The van der Waals surface area contributed by atoms with Gasteiger partial charge in [-0.3, -0.25) is 4.79 Å². The van der Waals surface area contributed by atoms with Crippen molar-refractivity contribution in [1.82, 2.24) is 4.90 Å². The van der Waals surface area contributed by atoms with E-state index in [-0.39, 0.29) is 30.6 Å². The van der Waals surface area contributed by atoms with Crippen LogP contribution in [0.15, 0.2) is 66.0 Å². The number of benzene rings is 2. The van der Waals surface area contributed by atoms with Crippen LogP contribution in [0, 0.1) is 5.82 Å². The van der Waals surface area contributed by atoms with Crippen LogP contribution in [0.1, 0.15) is 20.8 Å².